The number of hydrogen-bond acceptors (Lipinski definition) is 2. The lowest BCUT2D eigenvalue weighted by atomic mass is 10.1. The van der Waals surface area contributed by atoms with E-state index in [-0.39, 0.29) is 11.8 Å². The van der Waals surface area contributed by atoms with Crippen molar-refractivity contribution < 1.29 is 4.79 Å². The van der Waals surface area contributed by atoms with Gasteiger partial charge in [-0.3, -0.25) is 4.79 Å². The maximum atomic E-state index is 11.9. The summed E-state index contributed by atoms with van der Waals surface area (Å²) in [7, 11) is 0. The van der Waals surface area contributed by atoms with Crippen LogP contribution in [0, 0.1) is 5.92 Å². The van der Waals surface area contributed by atoms with Crippen molar-refractivity contribution in [2.45, 2.75) is 38.1 Å². The Morgan fingerprint density at radius 2 is 2.06 bits per heavy atom. The highest BCUT2D eigenvalue weighted by atomic mass is 35.5. The summed E-state index contributed by atoms with van der Waals surface area (Å²) < 4.78 is 0. The maximum absolute atomic E-state index is 11.9. The van der Waals surface area contributed by atoms with E-state index in [9.17, 15) is 4.79 Å². The molecule has 0 radical (unpaired) electrons. The minimum absolute atomic E-state index is 0.140. The standard InChI is InChI=1S/C12H20ClNOS/c13-7-12(15)14(11-5-6-16-9-11)8-10-3-1-2-4-10/h10-11H,1-9H2. The lowest BCUT2D eigenvalue weighted by molar-refractivity contribution is -0.131. The van der Waals surface area contributed by atoms with Crippen molar-refractivity contribution in [1.82, 2.24) is 4.90 Å². The van der Waals surface area contributed by atoms with Crippen LogP contribution in [0.5, 0.6) is 0 Å². The van der Waals surface area contributed by atoms with E-state index in [1.54, 1.807) is 0 Å². The minimum Gasteiger partial charge on any atom is -0.338 e. The van der Waals surface area contributed by atoms with Crippen LogP contribution in [0.2, 0.25) is 0 Å². The summed E-state index contributed by atoms with van der Waals surface area (Å²) in [6.07, 6.45) is 6.43. The summed E-state index contributed by atoms with van der Waals surface area (Å²) in [6.45, 7) is 0.955. The average molecular weight is 262 g/mol. The Kier molecular flexibility index (Phi) is 4.83. The largest absolute Gasteiger partial charge is 0.338 e. The Labute approximate surface area is 107 Å². The summed E-state index contributed by atoms with van der Waals surface area (Å²) in [6, 6.07) is 0.455. The Hall–Kier alpha value is 0.110. The van der Waals surface area contributed by atoms with Crippen molar-refractivity contribution in [1.29, 1.82) is 0 Å². The summed E-state index contributed by atoms with van der Waals surface area (Å²) >= 11 is 7.67. The maximum Gasteiger partial charge on any atom is 0.237 e. The van der Waals surface area contributed by atoms with Crippen LogP contribution < -0.4 is 0 Å². The predicted molar refractivity (Wildman–Crippen MR) is 70.1 cm³/mol. The highest BCUT2D eigenvalue weighted by molar-refractivity contribution is 7.99. The van der Waals surface area contributed by atoms with Gasteiger partial charge in [0.2, 0.25) is 5.91 Å². The van der Waals surface area contributed by atoms with Gasteiger partial charge in [-0.1, -0.05) is 12.8 Å². The van der Waals surface area contributed by atoms with Crippen LogP contribution in [0.4, 0.5) is 0 Å². The molecule has 1 heterocycles. The highest BCUT2D eigenvalue weighted by Crippen LogP contribution is 2.29. The number of thioether (sulfide) groups is 1. The number of halogens is 1. The number of hydrogen-bond donors (Lipinski definition) is 0. The summed E-state index contributed by atoms with van der Waals surface area (Å²) in [5.74, 6) is 3.32. The molecule has 4 heteroatoms. The second-order valence-electron chi connectivity index (χ2n) is 4.85. The number of alkyl halides is 1. The zero-order valence-electron chi connectivity index (χ0n) is 9.66. The van der Waals surface area contributed by atoms with Crippen LogP contribution in [0.3, 0.4) is 0 Å². The zero-order valence-corrected chi connectivity index (χ0v) is 11.2. The third kappa shape index (κ3) is 3.07. The van der Waals surface area contributed by atoms with Gasteiger partial charge in [-0.05, 0) is 30.9 Å². The second kappa shape index (κ2) is 6.15. The number of amides is 1. The van der Waals surface area contributed by atoms with Gasteiger partial charge < -0.3 is 4.90 Å². The first-order valence-electron chi connectivity index (χ1n) is 6.24. The average Bonchev–Trinajstić information content (AvgIpc) is 2.97. The van der Waals surface area contributed by atoms with E-state index in [1.807, 2.05) is 11.8 Å². The van der Waals surface area contributed by atoms with Gasteiger partial charge in [-0.2, -0.15) is 11.8 Å². The van der Waals surface area contributed by atoms with Crippen LogP contribution in [0.1, 0.15) is 32.1 Å². The lowest BCUT2D eigenvalue weighted by Crippen LogP contribution is -2.43. The molecule has 1 amide bonds. The second-order valence-corrected chi connectivity index (χ2v) is 6.26. The van der Waals surface area contributed by atoms with Crippen molar-refractivity contribution in [3.63, 3.8) is 0 Å². The summed E-state index contributed by atoms with van der Waals surface area (Å²) in [5, 5.41) is 0. The molecule has 0 aromatic rings. The topological polar surface area (TPSA) is 20.3 Å². The molecule has 2 aliphatic rings. The molecule has 92 valence electrons. The molecular formula is C12H20ClNOS. The molecule has 1 aliphatic carbocycles. The van der Waals surface area contributed by atoms with Crippen molar-refractivity contribution in [2.24, 2.45) is 5.92 Å². The third-order valence-electron chi connectivity index (χ3n) is 3.71. The van der Waals surface area contributed by atoms with Crippen LogP contribution in [-0.4, -0.2) is 40.8 Å². The van der Waals surface area contributed by atoms with Gasteiger partial charge in [-0.15, -0.1) is 11.6 Å². The highest BCUT2D eigenvalue weighted by Gasteiger charge is 2.29. The van der Waals surface area contributed by atoms with Crippen molar-refractivity contribution in [3.8, 4) is 0 Å². The Bertz CT molecular complexity index is 237. The van der Waals surface area contributed by atoms with Crippen molar-refractivity contribution in [3.05, 3.63) is 0 Å². The van der Waals surface area contributed by atoms with Crippen molar-refractivity contribution in [2.75, 3.05) is 23.9 Å². The van der Waals surface area contributed by atoms with E-state index < -0.39 is 0 Å². The molecule has 1 unspecified atom stereocenters. The van der Waals surface area contributed by atoms with Gasteiger partial charge in [0, 0.05) is 18.3 Å². The zero-order chi connectivity index (χ0) is 11.4. The van der Waals surface area contributed by atoms with Crippen LogP contribution in [-0.2, 0) is 4.79 Å². The summed E-state index contributed by atoms with van der Waals surface area (Å²) in [5.41, 5.74) is 0. The normalized spacial score (nSPS) is 26.2. The molecule has 0 aromatic carbocycles. The Morgan fingerprint density at radius 3 is 2.62 bits per heavy atom. The number of rotatable bonds is 4. The van der Waals surface area contributed by atoms with E-state index in [0.29, 0.717) is 6.04 Å². The van der Waals surface area contributed by atoms with Gasteiger partial charge >= 0.3 is 0 Å². The molecule has 16 heavy (non-hydrogen) atoms. The molecule has 2 fully saturated rings. The van der Waals surface area contributed by atoms with Gasteiger partial charge in [0.25, 0.3) is 0 Å². The first kappa shape index (κ1) is 12.6. The predicted octanol–water partition coefficient (Wildman–Crippen LogP) is 2.75. The van der Waals surface area contributed by atoms with E-state index in [1.165, 1.54) is 31.4 Å². The molecule has 0 N–H and O–H groups in total. The SMILES string of the molecule is O=C(CCl)N(CC1CCCC1)C1CCSC1. The quantitative estimate of drug-likeness (QED) is 0.726. The molecule has 2 nitrogen and oxygen atoms in total. The van der Waals surface area contributed by atoms with Gasteiger partial charge in [0.1, 0.15) is 5.88 Å². The van der Waals surface area contributed by atoms with E-state index in [0.717, 1.165) is 24.6 Å². The van der Waals surface area contributed by atoms with Crippen LogP contribution >= 0.6 is 23.4 Å². The van der Waals surface area contributed by atoms with Crippen LogP contribution in [0.25, 0.3) is 0 Å². The van der Waals surface area contributed by atoms with E-state index in [2.05, 4.69) is 4.90 Å². The fourth-order valence-corrected chi connectivity index (χ4v) is 4.15. The Balaban J connectivity index is 1.92. The molecule has 1 atom stereocenters. The Morgan fingerprint density at radius 1 is 1.31 bits per heavy atom. The van der Waals surface area contributed by atoms with Gasteiger partial charge in [-0.25, -0.2) is 0 Å². The fourth-order valence-electron chi connectivity index (χ4n) is 2.77. The molecule has 1 saturated heterocycles. The molecule has 2 rings (SSSR count). The van der Waals surface area contributed by atoms with Crippen molar-refractivity contribution >= 4 is 29.3 Å². The van der Waals surface area contributed by atoms with Gasteiger partial charge in [0.05, 0.1) is 0 Å². The monoisotopic (exact) mass is 261 g/mol. The minimum atomic E-state index is 0.140. The summed E-state index contributed by atoms with van der Waals surface area (Å²) in [4.78, 5) is 13.9. The first-order valence-corrected chi connectivity index (χ1v) is 7.93. The molecular weight excluding hydrogens is 242 g/mol. The van der Waals surface area contributed by atoms with E-state index >= 15 is 0 Å². The first-order chi connectivity index (χ1) is 7.81. The molecule has 0 spiro atoms. The molecule has 1 saturated carbocycles. The molecule has 1 aliphatic heterocycles. The van der Waals surface area contributed by atoms with Gasteiger partial charge in [0.15, 0.2) is 0 Å². The van der Waals surface area contributed by atoms with Crippen LogP contribution in [0.15, 0.2) is 0 Å². The number of carbonyl (C=O) groups is 1. The number of carbonyl (C=O) groups excluding carboxylic acids is 1. The lowest BCUT2D eigenvalue weighted by Gasteiger charge is -2.30. The number of nitrogens with zero attached hydrogens (tertiary/aromatic N) is 1. The fraction of sp³-hybridized carbons (Fsp3) is 0.917. The molecule has 0 aromatic heterocycles. The smallest absolute Gasteiger partial charge is 0.237 e. The van der Waals surface area contributed by atoms with E-state index in [4.69, 9.17) is 11.6 Å². The third-order valence-corrected chi connectivity index (χ3v) is 5.08. The molecule has 0 bridgehead atoms.